The number of aliphatic imine (C=N–C) groups is 1. The highest BCUT2D eigenvalue weighted by molar-refractivity contribution is 6.14. The topological polar surface area (TPSA) is 84.1 Å². The van der Waals surface area contributed by atoms with Crippen LogP contribution in [0.4, 0.5) is 17.2 Å². The average molecular weight is 462 g/mol. The number of likely N-dealkylation sites (N-methyl/N-ethyl adjacent to an activating group) is 2. The fraction of sp³-hybridized carbons (Fsp3) is 0.308. The summed E-state index contributed by atoms with van der Waals surface area (Å²) in [5.41, 5.74) is 2.71. The van der Waals surface area contributed by atoms with E-state index in [1.165, 1.54) is 6.07 Å². The Bertz CT molecular complexity index is 1090. The number of pyridine rings is 1. The Morgan fingerprint density at radius 2 is 1.56 bits per heavy atom. The molecule has 0 saturated heterocycles. The first-order valence-corrected chi connectivity index (χ1v) is 11.2. The number of nitrogens with zero attached hydrogens (tertiary/aromatic N) is 5. The number of hydrogen-bond donors (Lipinski definition) is 0. The van der Waals surface area contributed by atoms with Crippen molar-refractivity contribution in [2.45, 2.75) is 20.0 Å². The Morgan fingerprint density at radius 1 is 1.00 bits per heavy atom. The molecular formula is C26H31N5O3. The largest absolute Gasteiger partial charge is 0.470 e. The van der Waals surface area contributed by atoms with E-state index in [1.54, 1.807) is 0 Å². The molecule has 0 spiro atoms. The molecule has 0 N–H and O–H groups in total. The standard InChI is InChI=1S/C26H31N5O3/c1-19(2)34-26-23(31(32)33)18-22(25(28-26)30(5)17-16-29(3)4)27-24(20-12-8-6-9-13-20)21-14-10-7-11-15-21/h6-15,18-19H,16-17H2,1-5H3. The maximum Gasteiger partial charge on any atom is 0.333 e. The Morgan fingerprint density at radius 3 is 2.03 bits per heavy atom. The van der Waals surface area contributed by atoms with Gasteiger partial charge < -0.3 is 14.5 Å². The zero-order valence-electron chi connectivity index (χ0n) is 20.3. The second-order valence-electron chi connectivity index (χ2n) is 8.50. The third-order valence-electron chi connectivity index (χ3n) is 5.04. The van der Waals surface area contributed by atoms with Crippen molar-refractivity contribution in [3.8, 4) is 5.88 Å². The summed E-state index contributed by atoms with van der Waals surface area (Å²) in [7, 11) is 5.89. The van der Waals surface area contributed by atoms with E-state index in [9.17, 15) is 10.1 Å². The van der Waals surface area contributed by atoms with Crippen molar-refractivity contribution in [3.63, 3.8) is 0 Å². The van der Waals surface area contributed by atoms with Gasteiger partial charge in [-0.1, -0.05) is 60.7 Å². The number of benzene rings is 2. The molecule has 0 fully saturated rings. The molecule has 0 aliphatic heterocycles. The van der Waals surface area contributed by atoms with Crippen LogP contribution in [0.25, 0.3) is 0 Å². The van der Waals surface area contributed by atoms with Gasteiger partial charge in [-0.25, -0.2) is 4.99 Å². The van der Waals surface area contributed by atoms with Crippen LogP contribution < -0.4 is 9.64 Å². The van der Waals surface area contributed by atoms with E-state index in [1.807, 2.05) is 101 Å². The Labute approximate surface area is 200 Å². The van der Waals surface area contributed by atoms with Gasteiger partial charge in [0.1, 0.15) is 5.69 Å². The minimum Gasteiger partial charge on any atom is -0.470 e. The second-order valence-corrected chi connectivity index (χ2v) is 8.50. The van der Waals surface area contributed by atoms with Gasteiger partial charge in [-0.3, -0.25) is 10.1 Å². The van der Waals surface area contributed by atoms with Crippen LogP contribution in [0.3, 0.4) is 0 Å². The van der Waals surface area contributed by atoms with Crippen LogP contribution in [0, 0.1) is 10.1 Å². The van der Waals surface area contributed by atoms with Gasteiger partial charge in [0.05, 0.1) is 22.8 Å². The number of anilines is 1. The molecule has 3 aromatic rings. The maximum absolute atomic E-state index is 11.9. The van der Waals surface area contributed by atoms with Crippen molar-refractivity contribution in [1.82, 2.24) is 9.88 Å². The van der Waals surface area contributed by atoms with Gasteiger partial charge in [-0.05, 0) is 27.9 Å². The summed E-state index contributed by atoms with van der Waals surface area (Å²) in [6.45, 7) is 5.07. The Kier molecular flexibility index (Phi) is 8.32. The van der Waals surface area contributed by atoms with Gasteiger partial charge in [0, 0.05) is 31.3 Å². The van der Waals surface area contributed by atoms with Gasteiger partial charge in [0.25, 0.3) is 5.88 Å². The lowest BCUT2D eigenvalue weighted by molar-refractivity contribution is -0.386. The lowest BCUT2D eigenvalue weighted by Crippen LogP contribution is -2.29. The van der Waals surface area contributed by atoms with Crippen LogP contribution in [0.2, 0.25) is 0 Å². The molecule has 34 heavy (non-hydrogen) atoms. The molecule has 2 aromatic carbocycles. The van der Waals surface area contributed by atoms with E-state index in [0.717, 1.165) is 17.7 Å². The summed E-state index contributed by atoms with van der Waals surface area (Å²) >= 11 is 0. The van der Waals surface area contributed by atoms with Crippen molar-refractivity contribution in [3.05, 3.63) is 88.0 Å². The third-order valence-corrected chi connectivity index (χ3v) is 5.04. The van der Waals surface area contributed by atoms with Gasteiger partial charge in [-0.2, -0.15) is 4.98 Å². The van der Waals surface area contributed by atoms with Crippen LogP contribution in [-0.2, 0) is 0 Å². The lowest BCUT2D eigenvalue weighted by Gasteiger charge is -2.23. The third kappa shape index (κ3) is 6.39. The molecule has 0 aliphatic rings. The molecule has 0 radical (unpaired) electrons. The van der Waals surface area contributed by atoms with E-state index in [4.69, 9.17) is 9.73 Å². The molecule has 0 amide bonds. The first kappa shape index (κ1) is 24.9. The summed E-state index contributed by atoms with van der Waals surface area (Å²) in [6.07, 6.45) is -0.260. The average Bonchev–Trinajstić information content (AvgIpc) is 2.82. The monoisotopic (exact) mass is 461 g/mol. The maximum atomic E-state index is 11.9. The smallest absolute Gasteiger partial charge is 0.333 e. The van der Waals surface area contributed by atoms with Crippen LogP contribution >= 0.6 is 0 Å². The number of ether oxygens (including phenoxy) is 1. The summed E-state index contributed by atoms with van der Waals surface area (Å²) < 4.78 is 5.71. The molecule has 0 aliphatic carbocycles. The molecule has 8 heteroatoms. The second kappa shape index (κ2) is 11.4. The highest BCUT2D eigenvalue weighted by Crippen LogP contribution is 2.37. The van der Waals surface area contributed by atoms with E-state index >= 15 is 0 Å². The van der Waals surface area contributed by atoms with Gasteiger partial charge >= 0.3 is 5.69 Å². The molecule has 1 aromatic heterocycles. The summed E-state index contributed by atoms with van der Waals surface area (Å²) in [4.78, 5) is 25.0. The first-order valence-electron chi connectivity index (χ1n) is 11.2. The molecule has 3 rings (SSSR count). The fourth-order valence-electron chi connectivity index (χ4n) is 3.33. The van der Waals surface area contributed by atoms with Crippen LogP contribution in [0.1, 0.15) is 25.0 Å². The van der Waals surface area contributed by atoms with Crippen molar-refractivity contribution >= 4 is 22.9 Å². The zero-order chi connectivity index (χ0) is 24.7. The molecule has 178 valence electrons. The summed E-state index contributed by atoms with van der Waals surface area (Å²) in [6, 6.07) is 21.0. The molecule has 0 saturated carbocycles. The predicted octanol–water partition coefficient (Wildman–Crippen LogP) is 4.94. The van der Waals surface area contributed by atoms with E-state index in [2.05, 4.69) is 9.88 Å². The van der Waals surface area contributed by atoms with Crippen molar-refractivity contribution < 1.29 is 9.66 Å². The van der Waals surface area contributed by atoms with Gasteiger partial charge in [0.2, 0.25) is 0 Å². The Balaban J connectivity index is 2.24. The fourth-order valence-corrected chi connectivity index (χ4v) is 3.33. The summed E-state index contributed by atoms with van der Waals surface area (Å²) in [5.74, 6) is 0.513. The molecular weight excluding hydrogens is 430 g/mol. The molecule has 1 heterocycles. The molecule has 0 unspecified atom stereocenters. The quantitative estimate of drug-likeness (QED) is 0.241. The number of rotatable bonds is 10. The van der Waals surface area contributed by atoms with Crippen molar-refractivity contribution in [2.24, 2.45) is 4.99 Å². The van der Waals surface area contributed by atoms with E-state index in [0.29, 0.717) is 23.8 Å². The highest BCUT2D eigenvalue weighted by Gasteiger charge is 2.25. The Hall–Kier alpha value is -3.78. The van der Waals surface area contributed by atoms with Gasteiger partial charge in [-0.15, -0.1) is 0 Å². The first-order chi connectivity index (χ1) is 16.3. The summed E-state index contributed by atoms with van der Waals surface area (Å²) in [5, 5.41) is 11.9. The van der Waals surface area contributed by atoms with Crippen LogP contribution in [0.5, 0.6) is 5.88 Å². The highest BCUT2D eigenvalue weighted by atomic mass is 16.6. The minimum absolute atomic E-state index is 0.00775. The molecule has 0 atom stereocenters. The SMILES string of the molecule is CC(C)Oc1nc(N(C)CCN(C)C)c(N=C(c2ccccc2)c2ccccc2)cc1[N+](=O)[O-]. The number of aromatic nitrogens is 1. The lowest BCUT2D eigenvalue weighted by atomic mass is 10.0. The number of nitro groups is 1. The van der Waals surface area contributed by atoms with E-state index < -0.39 is 4.92 Å². The number of hydrogen-bond acceptors (Lipinski definition) is 7. The molecule has 8 nitrogen and oxygen atoms in total. The normalized spacial score (nSPS) is 10.9. The minimum atomic E-state index is -0.474. The molecule has 0 bridgehead atoms. The van der Waals surface area contributed by atoms with Crippen molar-refractivity contribution in [1.29, 1.82) is 0 Å². The van der Waals surface area contributed by atoms with Crippen molar-refractivity contribution in [2.75, 3.05) is 39.1 Å². The van der Waals surface area contributed by atoms with Gasteiger partial charge in [0.15, 0.2) is 5.82 Å². The van der Waals surface area contributed by atoms with E-state index in [-0.39, 0.29) is 17.7 Å². The zero-order valence-corrected chi connectivity index (χ0v) is 20.3. The predicted molar refractivity (Wildman–Crippen MR) is 137 cm³/mol. The van der Waals surface area contributed by atoms with Crippen LogP contribution in [-0.4, -0.2) is 60.9 Å². The van der Waals surface area contributed by atoms with Crippen LogP contribution in [0.15, 0.2) is 71.7 Å².